The molecular weight excluding hydrogens is 160 g/mol. The van der Waals surface area contributed by atoms with E-state index in [0.717, 1.165) is 0 Å². The topological polar surface area (TPSA) is 38.0 Å². The molecule has 0 bridgehead atoms. The molecule has 1 atom stereocenters. The van der Waals surface area contributed by atoms with Crippen LogP contribution >= 0.6 is 0 Å². The van der Waals surface area contributed by atoms with Crippen LogP contribution in [0, 0.1) is 5.92 Å². The molecule has 13 heavy (non-hydrogen) atoms. The van der Waals surface area contributed by atoms with Gasteiger partial charge in [0.05, 0.1) is 0 Å². The number of hydrogen-bond acceptors (Lipinski definition) is 2. The molecule has 1 unspecified atom stereocenters. The van der Waals surface area contributed by atoms with E-state index in [9.17, 15) is 0 Å². The molecule has 0 aromatic rings. The zero-order valence-corrected chi connectivity index (χ0v) is 9.65. The van der Waals surface area contributed by atoms with Crippen LogP contribution in [0.4, 0.5) is 0 Å². The van der Waals surface area contributed by atoms with E-state index in [1.807, 2.05) is 0 Å². The Bertz CT molecular complexity index is 167. The molecule has 2 nitrogen and oxygen atoms in total. The number of nitrogens with two attached hydrogens (primary N) is 1. The highest BCUT2D eigenvalue weighted by molar-refractivity contribution is 4.98. The zero-order chi connectivity index (χ0) is 10.3. The van der Waals surface area contributed by atoms with E-state index in [-0.39, 0.29) is 11.1 Å². The smallest absolute Gasteiger partial charge is 0.0133 e. The average molecular weight is 184 g/mol. The van der Waals surface area contributed by atoms with E-state index in [0.29, 0.717) is 12.0 Å². The molecule has 0 radical (unpaired) electrons. The molecule has 0 saturated carbocycles. The summed E-state index contributed by atoms with van der Waals surface area (Å²) in [5, 5.41) is 3.66. The molecule has 3 N–H and O–H groups in total. The third-order valence-electron chi connectivity index (χ3n) is 2.97. The van der Waals surface area contributed by atoms with Gasteiger partial charge in [0.2, 0.25) is 0 Å². The highest BCUT2D eigenvalue weighted by Gasteiger charge is 2.38. The number of nitrogens with one attached hydrogen (secondary N) is 1. The second-order valence-electron chi connectivity index (χ2n) is 5.92. The lowest BCUT2D eigenvalue weighted by Gasteiger charge is -2.47. The van der Waals surface area contributed by atoms with Gasteiger partial charge >= 0.3 is 0 Å². The predicted molar refractivity (Wildman–Crippen MR) is 57.7 cm³/mol. The van der Waals surface area contributed by atoms with Crippen LogP contribution in [0.25, 0.3) is 0 Å². The summed E-state index contributed by atoms with van der Waals surface area (Å²) in [5.41, 5.74) is 6.45. The van der Waals surface area contributed by atoms with Gasteiger partial charge in [-0.3, -0.25) is 0 Å². The first-order valence-corrected chi connectivity index (χ1v) is 5.27. The van der Waals surface area contributed by atoms with Gasteiger partial charge in [-0.15, -0.1) is 0 Å². The van der Waals surface area contributed by atoms with Gasteiger partial charge in [0.15, 0.2) is 0 Å². The van der Waals surface area contributed by atoms with Crippen LogP contribution in [0.3, 0.4) is 0 Å². The van der Waals surface area contributed by atoms with Crippen molar-refractivity contribution in [2.45, 2.75) is 64.6 Å². The Morgan fingerprint density at radius 2 is 1.54 bits per heavy atom. The van der Waals surface area contributed by atoms with Gasteiger partial charge in [-0.1, -0.05) is 0 Å². The van der Waals surface area contributed by atoms with Crippen LogP contribution in [0.5, 0.6) is 0 Å². The molecule has 2 heteroatoms. The normalized spacial score (nSPS) is 30.0. The summed E-state index contributed by atoms with van der Waals surface area (Å²) in [6.45, 7) is 11.2. The maximum Gasteiger partial charge on any atom is 0.0133 e. The lowest BCUT2D eigenvalue weighted by Crippen LogP contribution is -2.59. The Kier molecular flexibility index (Phi) is 2.75. The van der Waals surface area contributed by atoms with Gasteiger partial charge < -0.3 is 11.1 Å². The van der Waals surface area contributed by atoms with Crippen molar-refractivity contribution in [2.24, 2.45) is 11.7 Å². The second-order valence-corrected chi connectivity index (χ2v) is 5.92. The summed E-state index contributed by atoms with van der Waals surface area (Å²) in [6, 6.07) is 0.320. The molecule has 0 amide bonds. The van der Waals surface area contributed by atoms with Crippen LogP contribution < -0.4 is 11.1 Å². The highest BCUT2D eigenvalue weighted by atomic mass is 15.0. The average Bonchev–Trinajstić information content (AvgIpc) is 1.79. The fraction of sp³-hybridized carbons (Fsp3) is 1.00. The third-order valence-corrected chi connectivity index (χ3v) is 2.97. The Balaban J connectivity index is 2.72. The van der Waals surface area contributed by atoms with Crippen LogP contribution in [-0.4, -0.2) is 17.1 Å². The van der Waals surface area contributed by atoms with E-state index in [1.165, 1.54) is 12.8 Å². The van der Waals surface area contributed by atoms with Gasteiger partial charge in [-0.2, -0.15) is 0 Å². The van der Waals surface area contributed by atoms with E-state index < -0.39 is 0 Å². The Labute approximate surface area is 82.3 Å². The van der Waals surface area contributed by atoms with E-state index in [4.69, 9.17) is 5.73 Å². The fourth-order valence-corrected chi connectivity index (χ4v) is 2.77. The van der Waals surface area contributed by atoms with Gasteiger partial charge in [0, 0.05) is 17.1 Å². The molecule has 1 fully saturated rings. The largest absolute Gasteiger partial charge is 0.328 e. The highest BCUT2D eigenvalue weighted by Crippen LogP contribution is 2.33. The summed E-state index contributed by atoms with van der Waals surface area (Å²) in [5.74, 6) is 0.659. The maximum absolute atomic E-state index is 5.98. The minimum atomic E-state index is 0.236. The third kappa shape index (κ3) is 2.96. The minimum absolute atomic E-state index is 0.236. The van der Waals surface area contributed by atoms with E-state index in [1.54, 1.807) is 0 Å². The Morgan fingerprint density at radius 1 is 1.15 bits per heavy atom. The Hall–Kier alpha value is -0.0800. The SMILES string of the molecule is CC(N)C1CC(C)(C)NC(C)(C)C1. The van der Waals surface area contributed by atoms with E-state index in [2.05, 4.69) is 39.9 Å². The first-order chi connectivity index (χ1) is 5.72. The lowest BCUT2D eigenvalue weighted by molar-refractivity contribution is 0.117. The van der Waals surface area contributed by atoms with Crippen LogP contribution in [0.15, 0.2) is 0 Å². The summed E-state index contributed by atoms with van der Waals surface area (Å²) in [4.78, 5) is 0. The van der Waals surface area contributed by atoms with Crippen molar-refractivity contribution >= 4 is 0 Å². The predicted octanol–water partition coefficient (Wildman–Crippen LogP) is 1.89. The first kappa shape index (κ1) is 11.0. The molecule has 1 aliphatic rings. The summed E-state index contributed by atoms with van der Waals surface area (Å²) in [7, 11) is 0. The fourth-order valence-electron chi connectivity index (χ4n) is 2.77. The van der Waals surface area contributed by atoms with Gasteiger partial charge in [0.25, 0.3) is 0 Å². The van der Waals surface area contributed by atoms with Gasteiger partial charge in [-0.05, 0) is 53.4 Å². The molecule has 0 aromatic carbocycles. The van der Waals surface area contributed by atoms with Crippen molar-refractivity contribution in [2.75, 3.05) is 0 Å². The quantitative estimate of drug-likeness (QED) is 0.653. The molecule has 1 aliphatic heterocycles. The van der Waals surface area contributed by atoms with Crippen molar-refractivity contribution in [3.63, 3.8) is 0 Å². The standard InChI is InChI=1S/C11H24N2/c1-8(12)9-6-10(2,3)13-11(4,5)7-9/h8-9,13H,6-7,12H2,1-5H3. The van der Waals surface area contributed by atoms with Crippen LogP contribution in [0.2, 0.25) is 0 Å². The molecule has 0 spiro atoms. The van der Waals surface area contributed by atoms with Crippen LogP contribution in [0.1, 0.15) is 47.5 Å². The Morgan fingerprint density at radius 3 is 1.85 bits per heavy atom. The second kappa shape index (κ2) is 3.25. The van der Waals surface area contributed by atoms with E-state index >= 15 is 0 Å². The zero-order valence-electron chi connectivity index (χ0n) is 9.65. The summed E-state index contributed by atoms with van der Waals surface area (Å²) in [6.07, 6.45) is 2.38. The summed E-state index contributed by atoms with van der Waals surface area (Å²) < 4.78 is 0. The van der Waals surface area contributed by atoms with Crippen molar-refractivity contribution in [1.82, 2.24) is 5.32 Å². The molecule has 1 saturated heterocycles. The molecule has 1 rings (SSSR count). The minimum Gasteiger partial charge on any atom is -0.328 e. The first-order valence-electron chi connectivity index (χ1n) is 5.27. The summed E-state index contributed by atoms with van der Waals surface area (Å²) >= 11 is 0. The monoisotopic (exact) mass is 184 g/mol. The van der Waals surface area contributed by atoms with Crippen molar-refractivity contribution in [1.29, 1.82) is 0 Å². The van der Waals surface area contributed by atoms with Crippen LogP contribution in [-0.2, 0) is 0 Å². The lowest BCUT2D eigenvalue weighted by atomic mass is 9.73. The molecule has 78 valence electrons. The van der Waals surface area contributed by atoms with Crippen molar-refractivity contribution < 1.29 is 0 Å². The maximum atomic E-state index is 5.98. The molecule has 1 heterocycles. The number of rotatable bonds is 1. The molecule has 0 aliphatic carbocycles. The van der Waals surface area contributed by atoms with Crippen molar-refractivity contribution in [3.8, 4) is 0 Å². The number of piperidine rings is 1. The molecular formula is C11H24N2. The number of hydrogen-bond donors (Lipinski definition) is 2. The van der Waals surface area contributed by atoms with Gasteiger partial charge in [-0.25, -0.2) is 0 Å². The molecule has 0 aromatic heterocycles. The van der Waals surface area contributed by atoms with Gasteiger partial charge in [0.1, 0.15) is 0 Å². The van der Waals surface area contributed by atoms with Crippen molar-refractivity contribution in [3.05, 3.63) is 0 Å².